The van der Waals surface area contributed by atoms with E-state index in [0.717, 1.165) is 13.1 Å². The van der Waals surface area contributed by atoms with Crippen molar-refractivity contribution in [3.63, 3.8) is 0 Å². The van der Waals surface area contributed by atoms with Gasteiger partial charge in [-0.05, 0) is 31.2 Å². The van der Waals surface area contributed by atoms with Crippen molar-refractivity contribution in [3.05, 3.63) is 0 Å². The summed E-state index contributed by atoms with van der Waals surface area (Å²) in [4.78, 5) is 26.8. The lowest BCUT2D eigenvalue weighted by molar-refractivity contribution is -0.125. The Hall–Kier alpha value is -1.10. The third-order valence-corrected chi connectivity index (χ3v) is 3.89. The van der Waals surface area contributed by atoms with Crippen LogP contribution in [0, 0.1) is 5.41 Å². The maximum absolute atomic E-state index is 11.5. The number of amides is 3. The minimum atomic E-state index is -0.239. The number of carbonyl (C=O) groups excluding carboxylic acids is 2. The molecule has 0 saturated carbocycles. The van der Waals surface area contributed by atoms with Crippen LogP contribution >= 0.6 is 0 Å². The van der Waals surface area contributed by atoms with E-state index in [1.165, 1.54) is 24.2 Å². The number of nitrogens with one attached hydrogen (secondary N) is 1. The van der Waals surface area contributed by atoms with Gasteiger partial charge < -0.3 is 5.32 Å². The van der Waals surface area contributed by atoms with Crippen LogP contribution < -0.4 is 5.32 Å². The van der Waals surface area contributed by atoms with Crippen LogP contribution in [-0.2, 0) is 4.79 Å². The van der Waals surface area contributed by atoms with E-state index >= 15 is 0 Å². The normalized spacial score (nSPS) is 25.2. The van der Waals surface area contributed by atoms with E-state index in [0.29, 0.717) is 18.0 Å². The van der Waals surface area contributed by atoms with Crippen molar-refractivity contribution in [2.45, 2.75) is 46.1 Å². The number of likely N-dealkylation sites (tertiary alicyclic amines) is 1. The smallest absolute Gasteiger partial charge is 0.324 e. The Morgan fingerprint density at radius 2 is 2.00 bits per heavy atom. The molecule has 2 saturated heterocycles. The number of carbonyl (C=O) groups is 2. The van der Waals surface area contributed by atoms with Gasteiger partial charge in [-0.1, -0.05) is 20.8 Å². The van der Waals surface area contributed by atoms with Crippen LogP contribution in [-0.4, -0.2) is 54.0 Å². The van der Waals surface area contributed by atoms with Crippen molar-refractivity contribution in [1.29, 1.82) is 0 Å². The Labute approximate surface area is 115 Å². The standard InChI is InChI=1S/C14H25N3O2/c1-14(2,3)9-11-5-4-6-16(11)7-8-17-12(18)10-15-13(17)19/h11H,4-10H2,1-3H3,(H,15,19). The molecule has 2 aliphatic rings. The van der Waals surface area contributed by atoms with Gasteiger partial charge >= 0.3 is 6.03 Å². The highest BCUT2D eigenvalue weighted by Crippen LogP contribution is 2.29. The van der Waals surface area contributed by atoms with Gasteiger partial charge in [0.1, 0.15) is 0 Å². The van der Waals surface area contributed by atoms with E-state index in [4.69, 9.17) is 0 Å². The van der Waals surface area contributed by atoms with Crippen LogP contribution in [0.1, 0.15) is 40.0 Å². The summed E-state index contributed by atoms with van der Waals surface area (Å²) in [5.74, 6) is -0.100. The number of hydrogen-bond acceptors (Lipinski definition) is 3. The molecule has 5 heteroatoms. The van der Waals surface area contributed by atoms with E-state index in [1.807, 2.05) is 0 Å². The Balaban J connectivity index is 1.84. The second-order valence-electron chi connectivity index (χ2n) is 6.80. The molecule has 0 aromatic heterocycles. The molecule has 108 valence electrons. The Kier molecular flexibility index (Phi) is 4.13. The second kappa shape index (κ2) is 5.49. The lowest BCUT2D eigenvalue weighted by Gasteiger charge is -2.31. The van der Waals surface area contributed by atoms with Crippen molar-refractivity contribution in [2.24, 2.45) is 5.41 Å². The fourth-order valence-corrected chi connectivity index (χ4v) is 3.04. The maximum atomic E-state index is 11.5. The quantitative estimate of drug-likeness (QED) is 0.784. The molecule has 0 aliphatic carbocycles. The van der Waals surface area contributed by atoms with Crippen molar-refractivity contribution >= 4 is 11.9 Å². The average molecular weight is 267 g/mol. The van der Waals surface area contributed by atoms with Gasteiger partial charge in [-0.15, -0.1) is 0 Å². The number of nitrogens with zero attached hydrogens (tertiary/aromatic N) is 2. The lowest BCUT2D eigenvalue weighted by atomic mass is 9.87. The molecular formula is C14H25N3O2. The highest BCUT2D eigenvalue weighted by molar-refractivity contribution is 6.01. The van der Waals surface area contributed by atoms with E-state index < -0.39 is 0 Å². The highest BCUT2D eigenvalue weighted by Gasteiger charge is 2.32. The fraction of sp³-hybridized carbons (Fsp3) is 0.857. The van der Waals surface area contributed by atoms with Crippen LogP contribution in [0.5, 0.6) is 0 Å². The number of imide groups is 1. The zero-order valence-electron chi connectivity index (χ0n) is 12.2. The number of urea groups is 1. The topological polar surface area (TPSA) is 52.6 Å². The molecule has 1 N–H and O–H groups in total. The molecular weight excluding hydrogens is 242 g/mol. The molecule has 0 bridgehead atoms. The monoisotopic (exact) mass is 267 g/mol. The molecule has 2 fully saturated rings. The van der Waals surface area contributed by atoms with E-state index in [2.05, 4.69) is 31.0 Å². The zero-order chi connectivity index (χ0) is 14.0. The molecule has 2 rings (SSSR count). The predicted molar refractivity (Wildman–Crippen MR) is 73.8 cm³/mol. The first kappa shape index (κ1) is 14.3. The van der Waals surface area contributed by atoms with Gasteiger partial charge in [-0.2, -0.15) is 0 Å². The van der Waals surface area contributed by atoms with Crippen LogP contribution in [0.15, 0.2) is 0 Å². The zero-order valence-corrected chi connectivity index (χ0v) is 12.2. The Morgan fingerprint density at radius 3 is 2.58 bits per heavy atom. The van der Waals surface area contributed by atoms with Crippen LogP contribution in [0.4, 0.5) is 4.79 Å². The van der Waals surface area contributed by atoms with E-state index in [9.17, 15) is 9.59 Å². The largest absolute Gasteiger partial charge is 0.329 e. The summed E-state index contributed by atoms with van der Waals surface area (Å²) in [7, 11) is 0. The van der Waals surface area contributed by atoms with Gasteiger partial charge in [0.05, 0.1) is 6.54 Å². The van der Waals surface area contributed by atoms with Crippen molar-refractivity contribution in [2.75, 3.05) is 26.2 Å². The predicted octanol–water partition coefficient (Wildman–Crippen LogP) is 1.44. The molecule has 1 unspecified atom stereocenters. The summed E-state index contributed by atoms with van der Waals surface area (Å²) in [5, 5.41) is 2.56. The summed E-state index contributed by atoms with van der Waals surface area (Å²) in [6, 6.07) is 0.359. The molecule has 2 heterocycles. The first-order chi connectivity index (χ1) is 8.87. The molecule has 19 heavy (non-hydrogen) atoms. The maximum Gasteiger partial charge on any atom is 0.324 e. The Bertz CT molecular complexity index is 346. The van der Waals surface area contributed by atoms with Crippen molar-refractivity contribution in [3.8, 4) is 0 Å². The average Bonchev–Trinajstić information content (AvgIpc) is 2.83. The first-order valence-electron chi connectivity index (χ1n) is 7.19. The summed E-state index contributed by atoms with van der Waals surface area (Å²) in [6.07, 6.45) is 3.63. The van der Waals surface area contributed by atoms with E-state index in [1.54, 1.807) is 0 Å². The highest BCUT2D eigenvalue weighted by atomic mass is 16.2. The minimum absolute atomic E-state index is 0.100. The number of rotatable bonds is 4. The lowest BCUT2D eigenvalue weighted by Crippen LogP contribution is -2.41. The van der Waals surface area contributed by atoms with Gasteiger partial charge in [0.15, 0.2) is 0 Å². The molecule has 2 aliphatic heterocycles. The number of hydrogen-bond donors (Lipinski definition) is 1. The van der Waals surface area contributed by atoms with Crippen molar-refractivity contribution < 1.29 is 9.59 Å². The molecule has 0 aromatic rings. The first-order valence-corrected chi connectivity index (χ1v) is 7.19. The van der Waals surface area contributed by atoms with Crippen molar-refractivity contribution in [1.82, 2.24) is 15.1 Å². The second-order valence-corrected chi connectivity index (χ2v) is 6.80. The molecule has 1 atom stereocenters. The third kappa shape index (κ3) is 3.69. The van der Waals surface area contributed by atoms with Crippen LogP contribution in [0.2, 0.25) is 0 Å². The fourth-order valence-electron chi connectivity index (χ4n) is 3.04. The van der Waals surface area contributed by atoms with Gasteiger partial charge in [-0.3, -0.25) is 14.6 Å². The molecule has 3 amide bonds. The van der Waals surface area contributed by atoms with Crippen LogP contribution in [0.25, 0.3) is 0 Å². The molecule has 5 nitrogen and oxygen atoms in total. The van der Waals surface area contributed by atoms with E-state index in [-0.39, 0.29) is 18.5 Å². The summed E-state index contributed by atoms with van der Waals surface area (Å²) < 4.78 is 0. The summed E-state index contributed by atoms with van der Waals surface area (Å²) >= 11 is 0. The molecule has 0 aromatic carbocycles. The SMILES string of the molecule is CC(C)(C)CC1CCCN1CCN1C(=O)CNC1=O. The van der Waals surface area contributed by atoms with Gasteiger partial charge in [0.2, 0.25) is 5.91 Å². The minimum Gasteiger partial charge on any atom is -0.329 e. The summed E-state index contributed by atoms with van der Waals surface area (Å²) in [5.41, 5.74) is 0.327. The van der Waals surface area contributed by atoms with Gasteiger partial charge in [0, 0.05) is 19.1 Å². The Morgan fingerprint density at radius 1 is 1.26 bits per heavy atom. The van der Waals surface area contributed by atoms with Gasteiger partial charge in [0.25, 0.3) is 0 Å². The third-order valence-electron chi connectivity index (χ3n) is 3.89. The molecule has 0 spiro atoms. The van der Waals surface area contributed by atoms with Gasteiger partial charge in [-0.25, -0.2) is 4.79 Å². The molecule has 0 radical (unpaired) electrons. The van der Waals surface area contributed by atoms with Crippen LogP contribution in [0.3, 0.4) is 0 Å². The summed E-state index contributed by atoms with van der Waals surface area (Å²) in [6.45, 7) is 9.36.